The Labute approximate surface area is 136 Å². The van der Waals surface area contributed by atoms with Gasteiger partial charge in [-0.3, -0.25) is 20.3 Å². The second-order valence-electron chi connectivity index (χ2n) is 5.31. The van der Waals surface area contributed by atoms with Crippen molar-refractivity contribution in [1.29, 1.82) is 0 Å². The maximum atomic E-state index is 13.0. The number of aromatic nitrogens is 2. The molecular formula is C15H14FN5O3. The van der Waals surface area contributed by atoms with Gasteiger partial charge in [-0.05, 0) is 38.1 Å². The van der Waals surface area contributed by atoms with Crippen molar-refractivity contribution in [3.63, 3.8) is 0 Å². The van der Waals surface area contributed by atoms with Gasteiger partial charge in [0.1, 0.15) is 12.4 Å². The molecule has 1 saturated heterocycles. The van der Waals surface area contributed by atoms with E-state index in [0.717, 1.165) is 5.01 Å². The van der Waals surface area contributed by atoms with Gasteiger partial charge in [0.15, 0.2) is 0 Å². The molecule has 8 nitrogen and oxygen atoms in total. The van der Waals surface area contributed by atoms with E-state index >= 15 is 0 Å². The lowest BCUT2D eigenvalue weighted by molar-refractivity contribution is -0.118. The number of nitrogens with zero attached hydrogens (tertiary/aromatic N) is 3. The zero-order valence-electron chi connectivity index (χ0n) is 13.0. The smallest absolute Gasteiger partial charge is 0.275 e. The second-order valence-corrected chi connectivity index (χ2v) is 5.31. The Bertz CT molecular complexity index is 844. The van der Waals surface area contributed by atoms with Crippen LogP contribution in [0.25, 0.3) is 5.69 Å². The molecule has 24 heavy (non-hydrogen) atoms. The topological polar surface area (TPSA) is 96.3 Å². The van der Waals surface area contributed by atoms with E-state index in [9.17, 15) is 18.8 Å². The minimum absolute atomic E-state index is 0.241. The van der Waals surface area contributed by atoms with Crippen LogP contribution in [0.2, 0.25) is 0 Å². The molecule has 0 atom stereocenters. The number of urea groups is 1. The van der Waals surface area contributed by atoms with E-state index in [0.29, 0.717) is 17.1 Å². The van der Waals surface area contributed by atoms with Crippen molar-refractivity contribution >= 4 is 17.8 Å². The second kappa shape index (κ2) is 5.76. The summed E-state index contributed by atoms with van der Waals surface area (Å²) >= 11 is 0. The largest absolute Gasteiger partial charge is 0.343 e. The predicted molar refractivity (Wildman–Crippen MR) is 80.7 cm³/mol. The normalized spacial score (nSPS) is 14.0. The summed E-state index contributed by atoms with van der Waals surface area (Å²) in [6, 6.07) is 5.00. The zero-order chi connectivity index (χ0) is 17.4. The fraction of sp³-hybridized carbons (Fsp3) is 0.200. The van der Waals surface area contributed by atoms with Crippen LogP contribution in [0.4, 0.5) is 9.18 Å². The van der Waals surface area contributed by atoms with E-state index < -0.39 is 17.8 Å². The number of hydrogen-bond acceptors (Lipinski definition) is 4. The fourth-order valence-corrected chi connectivity index (χ4v) is 2.52. The van der Waals surface area contributed by atoms with E-state index in [1.165, 1.54) is 16.8 Å². The van der Waals surface area contributed by atoms with E-state index in [4.69, 9.17) is 0 Å². The number of amides is 4. The highest BCUT2D eigenvalue weighted by Gasteiger charge is 2.30. The third-order valence-corrected chi connectivity index (χ3v) is 3.62. The maximum Gasteiger partial charge on any atom is 0.343 e. The van der Waals surface area contributed by atoms with Crippen LogP contribution in [-0.2, 0) is 4.79 Å². The van der Waals surface area contributed by atoms with Gasteiger partial charge in [-0.1, -0.05) is 0 Å². The van der Waals surface area contributed by atoms with Gasteiger partial charge in [-0.15, -0.1) is 0 Å². The van der Waals surface area contributed by atoms with Crippen LogP contribution < -0.4 is 10.7 Å². The van der Waals surface area contributed by atoms with E-state index in [-0.39, 0.29) is 17.9 Å². The molecule has 4 amide bonds. The first-order valence-electron chi connectivity index (χ1n) is 7.11. The summed E-state index contributed by atoms with van der Waals surface area (Å²) in [6.07, 6.45) is 0. The lowest BCUT2D eigenvalue weighted by Crippen LogP contribution is -2.44. The average molecular weight is 331 g/mol. The van der Waals surface area contributed by atoms with Gasteiger partial charge < -0.3 is 0 Å². The summed E-state index contributed by atoms with van der Waals surface area (Å²) in [5.41, 5.74) is 4.24. The first-order chi connectivity index (χ1) is 11.4. The first kappa shape index (κ1) is 15.7. The van der Waals surface area contributed by atoms with Crippen molar-refractivity contribution in [3.05, 3.63) is 47.0 Å². The van der Waals surface area contributed by atoms with Crippen LogP contribution in [0.15, 0.2) is 24.3 Å². The molecule has 1 aromatic heterocycles. The standard InChI is InChI=1S/C15H14FN5O3/c1-8-13(14(23)19-20-7-12(22)17-15(20)24)9(2)21(18-8)11-5-3-10(16)4-6-11/h3-6H,7H2,1-2H3,(H,19,23)(H,17,22,24). The molecule has 124 valence electrons. The van der Waals surface area contributed by atoms with Crippen LogP contribution in [0, 0.1) is 19.7 Å². The van der Waals surface area contributed by atoms with E-state index in [2.05, 4.69) is 15.8 Å². The van der Waals surface area contributed by atoms with Crippen LogP contribution in [0.3, 0.4) is 0 Å². The molecular weight excluding hydrogens is 317 g/mol. The summed E-state index contributed by atoms with van der Waals surface area (Å²) < 4.78 is 14.6. The Balaban J connectivity index is 1.88. The molecule has 1 aliphatic heterocycles. The van der Waals surface area contributed by atoms with Gasteiger partial charge in [0, 0.05) is 0 Å². The molecule has 0 bridgehead atoms. The summed E-state index contributed by atoms with van der Waals surface area (Å²) in [5, 5.41) is 7.25. The zero-order valence-corrected chi connectivity index (χ0v) is 13.0. The molecule has 1 aliphatic rings. The highest BCUT2D eigenvalue weighted by Crippen LogP contribution is 2.18. The molecule has 2 N–H and O–H groups in total. The molecule has 0 spiro atoms. The Kier molecular flexibility index (Phi) is 3.76. The van der Waals surface area contributed by atoms with Gasteiger partial charge in [0.2, 0.25) is 5.91 Å². The number of hydrazine groups is 1. The highest BCUT2D eigenvalue weighted by molar-refractivity contribution is 6.04. The van der Waals surface area contributed by atoms with Gasteiger partial charge in [0.25, 0.3) is 5.91 Å². The lowest BCUT2D eigenvalue weighted by Gasteiger charge is -2.14. The molecule has 1 aromatic carbocycles. The minimum atomic E-state index is -0.686. The van der Waals surface area contributed by atoms with Crippen LogP contribution in [0.5, 0.6) is 0 Å². The number of carbonyl (C=O) groups excluding carboxylic acids is 3. The van der Waals surface area contributed by atoms with E-state index in [1.807, 2.05) is 0 Å². The number of imide groups is 1. The third-order valence-electron chi connectivity index (χ3n) is 3.62. The summed E-state index contributed by atoms with van der Waals surface area (Å²) in [5.74, 6) is -1.41. The quantitative estimate of drug-likeness (QED) is 0.814. The van der Waals surface area contributed by atoms with Crippen molar-refractivity contribution in [2.75, 3.05) is 6.54 Å². The molecule has 2 aromatic rings. The minimum Gasteiger partial charge on any atom is -0.275 e. The summed E-state index contributed by atoms with van der Waals surface area (Å²) in [4.78, 5) is 35.1. The monoisotopic (exact) mass is 331 g/mol. The number of benzene rings is 1. The Morgan fingerprint density at radius 3 is 2.50 bits per heavy atom. The predicted octanol–water partition coefficient (Wildman–Crippen LogP) is 0.825. The molecule has 0 saturated carbocycles. The molecule has 2 heterocycles. The molecule has 1 fully saturated rings. The molecule has 0 unspecified atom stereocenters. The lowest BCUT2D eigenvalue weighted by atomic mass is 10.2. The van der Waals surface area contributed by atoms with Gasteiger partial charge in [0.05, 0.1) is 22.6 Å². The first-order valence-corrected chi connectivity index (χ1v) is 7.11. The summed E-state index contributed by atoms with van der Waals surface area (Å²) in [6.45, 7) is 3.10. The van der Waals surface area contributed by atoms with Crippen molar-refractivity contribution in [3.8, 4) is 5.69 Å². The van der Waals surface area contributed by atoms with Crippen molar-refractivity contribution in [2.24, 2.45) is 0 Å². The Morgan fingerprint density at radius 1 is 1.25 bits per heavy atom. The number of nitrogens with one attached hydrogen (secondary N) is 2. The SMILES string of the molecule is Cc1nn(-c2ccc(F)cc2)c(C)c1C(=O)NN1CC(=O)NC1=O. The summed E-state index contributed by atoms with van der Waals surface area (Å²) in [7, 11) is 0. The number of carbonyl (C=O) groups is 3. The Hall–Kier alpha value is -3.23. The molecule has 3 rings (SSSR count). The average Bonchev–Trinajstić information content (AvgIpc) is 2.98. The molecule has 0 aliphatic carbocycles. The fourth-order valence-electron chi connectivity index (χ4n) is 2.52. The number of rotatable bonds is 3. The van der Waals surface area contributed by atoms with Crippen LogP contribution in [0.1, 0.15) is 21.7 Å². The van der Waals surface area contributed by atoms with E-state index in [1.54, 1.807) is 26.0 Å². The number of hydrogen-bond donors (Lipinski definition) is 2. The molecule has 0 radical (unpaired) electrons. The number of halogens is 1. The molecule has 9 heteroatoms. The van der Waals surface area contributed by atoms with Crippen molar-refractivity contribution in [1.82, 2.24) is 25.5 Å². The van der Waals surface area contributed by atoms with Crippen molar-refractivity contribution in [2.45, 2.75) is 13.8 Å². The van der Waals surface area contributed by atoms with Gasteiger partial charge in [-0.2, -0.15) is 5.10 Å². The van der Waals surface area contributed by atoms with Gasteiger partial charge in [-0.25, -0.2) is 18.9 Å². The van der Waals surface area contributed by atoms with Crippen molar-refractivity contribution < 1.29 is 18.8 Å². The maximum absolute atomic E-state index is 13.0. The Morgan fingerprint density at radius 2 is 1.92 bits per heavy atom. The van der Waals surface area contributed by atoms with Gasteiger partial charge >= 0.3 is 6.03 Å². The van der Waals surface area contributed by atoms with Crippen LogP contribution >= 0.6 is 0 Å². The van der Waals surface area contributed by atoms with Crippen LogP contribution in [-0.4, -0.2) is 39.2 Å². The third kappa shape index (κ3) is 2.71. The highest BCUT2D eigenvalue weighted by atomic mass is 19.1. The number of aryl methyl sites for hydroxylation is 1.